The highest BCUT2D eigenvalue weighted by atomic mass is 16.5. The summed E-state index contributed by atoms with van der Waals surface area (Å²) in [6, 6.07) is 5.82. The van der Waals surface area contributed by atoms with Gasteiger partial charge in [0.1, 0.15) is 5.75 Å². The molecule has 2 rings (SSSR count). The second-order valence-electron chi connectivity index (χ2n) is 4.40. The highest BCUT2D eigenvalue weighted by molar-refractivity contribution is 5.94. The van der Waals surface area contributed by atoms with Crippen LogP contribution in [0.15, 0.2) is 18.2 Å². The van der Waals surface area contributed by atoms with Gasteiger partial charge in [-0.15, -0.1) is 0 Å². The fourth-order valence-electron chi connectivity index (χ4n) is 1.85. The first-order valence-electron chi connectivity index (χ1n) is 5.73. The number of carbonyl (C=O) groups excluding carboxylic acids is 1. The molecule has 0 fully saturated rings. The minimum absolute atomic E-state index is 0.0108. The van der Waals surface area contributed by atoms with Crippen molar-refractivity contribution in [3.63, 3.8) is 0 Å². The number of ether oxygens (including phenoxy) is 1. The molecule has 0 aliphatic carbocycles. The maximum atomic E-state index is 11.8. The fraction of sp³-hybridized carbons (Fsp3) is 0.462. The van der Waals surface area contributed by atoms with Gasteiger partial charge in [-0.25, -0.2) is 0 Å². The Bertz CT molecular complexity index is 399. The van der Waals surface area contributed by atoms with Gasteiger partial charge in [-0.2, -0.15) is 0 Å². The second-order valence-corrected chi connectivity index (χ2v) is 4.40. The molecule has 0 saturated heterocycles. The number of nitrogens with one attached hydrogen (secondary N) is 1. The molecule has 3 nitrogen and oxygen atoms in total. The van der Waals surface area contributed by atoms with Gasteiger partial charge in [-0.05, 0) is 50.5 Å². The third-order valence-corrected chi connectivity index (χ3v) is 2.59. The van der Waals surface area contributed by atoms with E-state index in [-0.39, 0.29) is 11.9 Å². The Morgan fingerprint density at radius 2 is 2.25 bits per heavy atom. The van der Waals surface area contributed by atoms with Gasteiger partial charge in [0.15, 0.2) is 0 Å². The number of hydrogen-bond acceptors (Lipinski definition) is 2. The third-order valence-electron chi connectivity index (χ3n) is 2.59. The van der Waals surface area contributed by atoms with Gasteiger partial charge in [0.25, 0.3) is 5.91 Å². The van der Waals surface area contributed by atoms with E-state index in [1.54, 1.807) is 0 Å². The topological polar surface area (TPSA) is 38.3 Å². The molecule has 0 atom stereocenters. The van der Waals surface area contributed by atoms with Crippen LogP contribution in [0.25, 0.3) is 0 Å². The highest BCUT2D eigenvalue weighted by Crippen LogP contribution is 2.25. The number of fused-ring (bicyclic) bond motifs is 1. The number of aryl methyl sites for hydroxylation is 1. The molecule has 16 heavy (non-hydrogen) atoms. The summed E-state index contributed by atoms with van der Waals surface area (Å²) in [6.45, 7) is 4.70. The van der Waals surface area contributed by atoms with E-state index >= 15 is 0 Å². The van der Waals surface area contributed by atoms with Crippen molar-refractivity contribution < 1.29 is 9.53 Å². The molecule has 1 amide bonds. The largest absolute Gasteiger partial charge is 0.493 e. The van der Waals surface area contributed by atoms with Crippen molar-refractivity contribution in [2.24, 2.45) is 0 Å². The lowest BCUT2D eigenvalue weighted by Gasteiger charge is -2.18. The van der Waals surface area contributed by atoms with Crippen LogP contribution >= 0.6 is 0 Å². The molecule has 1 heterocycles. The van der Waals surface area contributed by atoms with E-state index in [9.17, 15) is 4.79 Å². The smallest absolute Gasteiger partial charge is 0.251 e. The number of benzene rings is 1. The molecule has 0 bridgehead atoms. The average Bonchev–Trinajstić information content (AvgIpc) is 2.27. The Kier molecular flexibility index (Phi) is 3.13. The van der Waals surface area contributed by atoms with Gasteiger partial charge in [0, 0.05) is 11.6 Å². The first-order chi connectivity index (χ1) is 7.66. The van der Waals surface area contributed by atoms with Crippen molar-refractivity contribution >= 4 is 5.91 Å². The van der Waals surface area contributed by atoms with Gasteiger partial charge in [-0.1, -0.05) is 0 Å². The quantitative estimate of drug-likeness (QED) is 0.827. The zero-order valence-corrected chi connectivity index (χ0v) is 9.75. The van der Waals surface area contributed by atoms with Crippen LogP contribution in [0, 0.1) is 0 Å². The second kappa shape index (κ2) is 4.56. The first kappa shape index (κ1) is 11.0. The Morgan fingerprint density at radius 3 is 3.00 bits per heavy atom. The van der Waals surface area contributed by atoms with Crippen LogP contribution < -0.4 is 10.1 Å². The average molecular weight is 219 g/mol. The van der Waals surface area contributed by atoms with E-state index in [2.05, 4.69) is 5.32 Å². The van der Waals surface area contributed by atoms with Crippen LogP contribution in [0.5, 0.6) is 5.75 Å². The Balaban J connectivity index is 2.19. The predicted molar refractivity (Wildman–Crippen MR) is 62.9 cm³/mol. The zero-order valence-electron chi connectivity index (χ0n) is 9.75. The van der Waals surface area contributed by atoms with Crippen molar-refractivity contribution in [3.8, 4) is 5.75 Å². The number of hydrogen-bond donors (Lipinski definition) is 1. The summed E-state index contributed by atoms with van der Waals surface area (Å²) in [4.78, 5) is 11.8. The van der Waals surface area contributed by atoms with Crippen LogP contribution in [-0.2, 0) is 6.42 Å². The fourth-order valence-corrected chi connectivity index (χ4v) is 1.85. The maximum Gasteiger partial charge on any atom is 0.251 e. The van der Waals surface area contributed by atoms with E-state index in [0.717, 1.165) is 36.3 Å². The molecule has 0 radical (unpaired) electrons. The van der Waals surface area contributed by atoms with Crippen LogP contribution in [0.3, 0.4) is 0 Å². The summed E-state index contributed by atoms with van der Waals surface area (Å²) in [5, 5.41) is 2.89. The van der Waals surface area contributed by atoms with Crippen LogP contribution in [0.4, 0.5) is 0 Å². The molecule has 1 N–H and O–H groups in total. The predicted octanol–water partition coefficient (Wildman–Crippen LogP) is 2.15. The molecule has 1 aromatic rings. The van der Waals surface area contributed by atoms with Crippen molar-refractivity contribution in [3.05, 3.63) is 29.3 Å². The molecule has 0 aromatic heterocycles. The highest BCUT2D eigenvalue weighted by Gasteiger charge is 2.13. The summed E-state index contributed by atoms with van der Waals surface area (Å²) in [5.74, 6) is 0.913. The lowest BCUT2D eigenvalue weighted by molar-refractivity contribution is 0.0943. The molecule has 1 aliphatic rings. The van der Waals surface area contributed by atoms with Gasteiger partial charge in [0.2, 0.25) is 0 Å². The van der Waals surface area contributed by atoms with E-state index in [1.165, 1.54) is 0 Å². The number of carbonyl (C=O) groups is 1. The first-order valence-corrected chi connectivity index (χ1v) is 5.73. The Hall–Kier alpha value is -1.51. The Morgan fingerprint density at radius 1 is 1.44 bits per heavy atom. The van der Waals surface area contributed by atoms with Crippen LogP contribution in [0.2, 0.25) is 0 Å². The summed E-state index contributed by atoms with van der Waals surface area (Å²) in [5.41, 5.74) is 1.86. The SMILES string of the molecule is CC(C)NC(=O)c1ccc2c(c1)CCCO2. The van der Waals surface area contributed by atoms with Crippen molar-refractivity contribution in [2.75, 3.05) is 6.61 Å². The van der Waals surface area contributed by atoms with Gasteiger partial charge < -0.3 is 10.1 Å². The maximum absolute atomic E-state index is 11.8. The zero-order chi connectivity index (χ0) is 11.5. The normalized spacial score (nSPS) is 14.2. The summed E-state index contributed by atoms with van der Waals surface area (Å²) < 4.78 is 5.51. The van der Waals surface area contributed by atoms with Gasteiger partial charge in [-0.3, -0.25) is 4.79 Å². The van der Waals surface area contributed by atoms with E-state index < -0.39 is 0 Å². The van der Waals surface area contributed by atoms with Crippen LogP contribution in [0.1, 0.15) is 36.2 Å². The monoisotopic (exact) mass is 219 g/mol. The van der Waals surface area contributed by atoms with Crippen molar-refractivity contribution in [1.82, 2.24) is 5.32 Å². The lowest BCUT2D eigenvalue weighted by Crippen LogP contribution is -2.30. The van der Waals surface area contributed by atoms with Gasteiger partial charge >= 0.3 is 0 Å². The molecule has 3 heteroatoms. The van der Waals surface area contributed by atoms with E-state index in [0.29, 0.717) is 0 Å². The summed E-state index contributed by atoms with van der Waals surface area (Å²) >= 11 is 0. The molecule has 0 spiro atoms. The lowest BCUT2D eigenvalue weighted by atomic mass is 10.0. The Labute approximate surface area is 95.8 Å². The molecular weight excluding hydrogens is 202 g/mol. The van der Waals surface area contributed by atoms with E-state index in [1.807, 2.05) is 32.0 Å². The molecule has 1 aliphatic heterocycles. The molecule has 86 valence electrons. The minimum atomic E-state index is -0.0108. The standard InChI is InChI=1S/C13H17NO2/c1-9(2)14-13(15)11-5-6-12-10(8-11)4-3-7-16-12/h5-6,8-9H,3-4,7H2,1-2H3,(H,14,15). The minimum Gasteiger partial charge on any atom is -0.493 e. The van der Waals surface area contributed by atoms with Gasteiger partial charge in [0.05, 0.1) is 6.61 Å². The molecular formula is C13H17NO2. The van der Waals surface area contributed by atoms with E-state index in [4.69, 9.17) is 4.74 Å². The summed E-state index contributed by atoms with van der Waals surface area (Å²) in [7, 11) is 0. The van der Waals surface area contributed by atoms with Crippen LogP contribution in [-0.4, -0.2) is 18.6 Å². The van der Waals surface area contributed by atoms with Crippen molar-refractivity contribution in [1.29, 1.82) is 0 Å². The summed E-state index contributed by atoms with van der Waals surface area (Å²) in [6.07, 6.45) is 2.03. The third kappa shape index (κ3) is 2.35. The van der Waals surface area contributed by atoms with Crippen molar-refractivity contribution in [2.45, 2.75) is 32.7 Å². The molecule has 0 unspecified atom stereocenters. The number of amides is 1. The molecule has 0 saturated carbocycles. The molecule has 1 aromatic carbocycles. The number of rotatable bonds is 2.